The molecule has 0 atom stereocenters. The zero-order valence-electron chi connectivity index (χ0n) is 15.9. The summed E-state index contributed by atoms with van der Waals surface area (Å²) in [5.41, 5.74) is 7.44. The van der Waals surface area contributed by atoms with Gasteiger partial charge in [0.2, 0.25) is 0 Å². The van der Waals surface area contributed by atoms with Gasteiger partial charge in [0.25, 0.3) is 0 Å². The van der Waals surface area contributed by atoms with E-state index < -0.39 is 0 Å². The molecule has 1 aliphatic heterocycles. The lowest BCUT2D eigenvalue weighted by Crippen LogP contribution is -2.25. The second-order valence-electron chi connectivity index (χ2n) is 6.97. The van der Waals surface area contributed by atoms with Crippen LogP contribution in [0.25, 0.3) is 10.9 Å². The molecular formula is C22H21ClN4O2. The van der Waals surface area contributed by atoms with Crippen LogP contribution in [0, 0.1) is 11.3 Å². The molecule has 0 aliphatic carbocycles. The van der Waals surface area contributed by atoms with E-state index in [2.05, 4.69) is 16.0 Å². The number of hydrogen-bond donors (Lipinski definition) is 1. The van der Waals surface area contributed by atoms with Crippen molar-refractivity contribution in [2.45, 2.75) is 12.8 Å². The number of anilines is 1. The zero-order valence-corrected chi connectivity index (χ0v) is 16.7. The highest BCUT2D eigenvalue weighted by atomic mass is 35.5. The molecule has 0 spiro atoms. The maximum Gasteiger partial charge on any atom is 0.139 e. The van der Waals surface area contributed by atoms with E-state index in [1.54, 1.807) is 42.6 Å². The smallest absolute Gasteiger partial charge is 0.139 e. The first-order valence-corrected chi connectivity index (χ1v) is 9.93. The van der Waals surface area contributed by atoms with Crippen LogP contribution in [-0.4, -0.2) is 36.1 Å². The minimum Gasteiger partial charge on any atom is -0.491 e. The molecule has 0 saturated carbocycles. The summed E-state index contributed by atoms with van der Waals surface area (Å²) in [6, 6.07) is 12.6. The van der Waals surface area contributed by atoms with Gasteiger partial charge in [-0.2, -0.15) is 5.26 Å². The molecule has 1 aliphatic rings. The summed E-state index contributed by atoms with van der Waals surface area (Å²) < 4.78 is 11.9. The molecule has 1 fully saturated rings. The number of nitrogen functional groups attached to an aromatic ring is 1. The lowest BCUT2D eigenvalue weighted by atomic mass is 10.1. The first kappa shape index (κ1) is 19.3. The summed E-state index contributed by atoms with van der Waals surface area (Å²) in [6.07, 6.45) is 4.15. The maximum atomic E-state index is 9.60. The highest BCUT2D eigenvalue weighted by Gasteiger charge is 2.14. The predicted octanol–water partition coefficient (Wildman–Crippen LogP) is 4.61. The van der Waals surface area contributed by atoms with Gasteiger partial charge in [0.15, 0.2) is 0 Å². The Kier molecular flexibility index (Phi) is 5.70. The Morgan fingerprint density at radius 2 is 1.97 bits per heavy atom. The maximum absolute atomic E-state index is 9.60. The van der Waals surface area contributed by atoms with E-state index in [4.69, 9.17) is 26.8 Å². The van der Waals surface area contributed by atoms with E-state index in [1.807, 2.05) is 0 Å². The number of nitriles is 1. The molecule has 0 radical (unpaired) electrons. The molecule has 148 valence electrons. The highest BCUT2D eigenvalue weighted by molar-refractivity contribution is 6.33. The van der Waals surface area contributed by atoms with Gasteiger partial charge in [-0.25, -0.2) is 0 Å². The number of pyridine rings is 1. The molecule has 6 nitrogen and oxygen atoms in total. The second-order valence-corrected chi connectivity index (χ2v) is 7.38. The van der Waals surface area contributed by atoms with Crippen LogP contribution < -0.4 is 15.2 Å². The summed E-state index contributed by atoms with van der Waals surface area (Å²) in [6.45, 7) is 3.63. The Labute approximate surface area is 174 Å². The van der Waals surface area contributed by atoms with Gasteiger partial charge >= 0.3 is 0 Å². The van der Waals surface area contributed by atoms with E-state index in [1.165, 1.54) is 12.8 Å². The van der Waals surface area contributed by atoms with Crippen molar-refractivity contribution in [2.75, 3.05) is 32.0 Å². The number of ether oxygens (including phenoxy) is 2. The molecule has 2 heterocycles. The highest BCUT2D eigenvalue weighted by Crippen LogP contribution is 2.34. The largest absolute Gasteiger partial charge is 0.491 e. The number of halogens is 1. The number of hydrogen-bond acceptors (Lipinski definition) is 6. The molecule has 0 unspecified atom stereocenters. The first-order valence-electron chi connectivity index (χ1n) is 9.55. The fourth-order valence-electron chi connectivity index (χ4n) is 3.45. The number of benzene rings is 2. The van der Waals surface area contributed by atoms with Crippen molar-refractivity contribution in [1.29, 1.82) is 5.26 Å². The van der Waals surface area contributed by atoms with Crippen LogP contribution in [0.5, 0.6) is 17.2 Å². The van der Waals surface area contributed by atoms with E-state index in [0.29, 0.717) is 45.6 Å². The Morgan fingerprint density at radius 1 is 1.14 bits per heavy atom. The van der Waals surface area contributed by atoms with Gasteiger partial charge in [-0.15, -0.1) is 0 Å². The third-order valence-electron chi connectivity index (χ3n) is 4.98. The Hall–Kier alpha value is -3.01. The van der Waals surface area contributed by atoms with Crippen molar-refractivity contribution in [3.8, 4) is 23.3 Å². The molecule has 29 heavy (non-hydrogen) atoms. The minimum absolute atomic E-state index is 0.439. The second kappa shape index (κ2) is 8.56. The Bertz CT molecular complexity index is 1070. The topological polar surface area (TPSA) is 84.4 Å². The van der Waals surface area contributed by atoms with E-state index in [0.717, 1.165) is 25.0 Å². The number of aromatic nitrogens is 1. The molecule has 0 amide bonds. The Morgan fingerprint density at radius 3 is 2.72 bits per heavy atom. The zero-order chi connectivity index (χ0) is 20.2. The summed E-state index contributed by atoms with van der Waals surface area (Å²) in [4.78, 5) is 6.78. The number of rotatable bonds is 6. The van der Waals surface area contributed by atoms with Gasteiger partial charge < -0.3 is 15.2 Å². The normalized spacial score (nSPS) is 14.1. The van der Waals surface area contributed by atoms with Crippen LogP contribution >= 0.6 is 11.6 Å². The van der Waals surface area contributed by atoms with Gasteiger partial charge in [0, 0.05) is 30.3 Å². The summed E-state index contributed by atoms with van der Waals surface area (Å²) in [5, 5.41) is 10.8. The molecule has 1 aromatic heterocycles. The summed E-state index contributed by atoms with van der Waals surface area (Å²) in [5.74, 6) is 1.68. The quantitative estimate of drug-likeness (QED) is 0.599. The van der Waals surface area contributed by atoms with Gasteiger partial charge in [-0.3, -0.25) is 9.88 Å². The van der Waals surface area contributed by atoms with Crippen LogP contribution in [0.15, 0.2) is 42.6 Å². The average Bonchev–Trinajstić information content (AvgIpc) is 3.24. The van der Waals surface area contributed by atoms with Crippen LogP contribution in [0.4, 0.5) is 5.69 Å². The SMILES string of the molecule is N#Cc1cc2c(Oc3ccc(Cl)c(N)c3)ccnc2cc1OCCN1CCCC1. The van der Waals surface area contributed by atoms with Crippen LogP contribution in [0.2, 0.25) is 5.02 Å². The molecule has 0 bridgehead atoms. The van der Waals surface area contributed by atoms with E-state index in [-0.39, 0.29) is 0 Å². The monoisotopic (exact) mass is 408 g/mol. The third kappa shape index (κ3) is 4.37. The molecule has 1 saturated heterocycles. The number of nitrogens with two attached hydrogens (primary N) is 1. The fraction of sp³-hybridized carbons (Fsp3) is 0.273. The van der Waals surface area contributed by atoms with Gasteiger partial charge in [0.1, 0.15) is 29.9 Å². The lowest BCUT2D eigenvalue weighted by Gasteiger charge is -2.16. The van der Waals surface area contributed by atoms with Crippen molar-refractivity contribution in [3.63, 3.8) is 0 Å². The molecule has 3 aromatic rings. The summed E-state index contributed by atoms with van der Waals surface area (Å²) >= 11 is 5.98. The molecular weight excluding hydrogens is 388 g/mol. The van der Waals surface area contributed by atoms with Crippen molar-refractivity contribution >= 4 is 28.2 Å². The molecule has 7 heteroatoms. The molecule has 2 N–H and O–H groups in total. The number of likely N-dealkylation sites (tertiary alicyclic amines) is 1. The van der Waals surface area contributed by atoms with Crippen molar-refractivity contribution < 1.29 is 9.47 Å². The average molecular weight is 409 g/mol. The lowest BCUT2D eigenvalue weighted by molar-refractivity contribution is 0.237. The van der Waals surface area contributed by atoms with Crippen molar-refractivity contribution in [1.82, 2.24) is 9.88 Å². The molecule has 2 aromatic carbocycles. The summed E-state index contributed by atoms with van der Waals surface area (Å²) in [7, 11) is 0. The number of fused-ring (bicyclic) bond motifs is 1. The third-order valence-corrected chi connectivity index (χ3v) is 5.33. The van der Waals surface area contributed by atoms with Crippen molar-refractivity contribution in [2.24, 2.45) is 0 Å². The minimum atomic E-state index is 0.439. The standard InChI is InChI=1S/C22H21ClN4O2/c23-18-4-3-16(12-19(18)25)29-21-5-6-26-20-13-22(15(14-24)11-17(20)21)28-10-9-27-7-1-2-8-27/h3-6,11-13H,1-2,7-10,25H2. The number of nitrogens with zero attached hydrogens (tertiary/aromatic N) is 3. The fourth-order valence-corrected chi connectivity index (χ4v) is 3.56. The van der Waals surface area contributed by atoms with Crippen LogP contribution in [-0.2, 0) is 0 Å². The van der Waals surface area contributed by atoms with E-state index in [9.17, 15) is 5.26 Å². The molecule has 4 rings (SSSR count). The predicted molar refractivity (Wildman–Crippen MR) is 114 cm³/mol. The van der Waals surface area contributed by atoms with Crippen LogP contribution in [0.1, 0.15) is 18.4 Å². The first-order chi connectivity index (χ1) is 14.1. The van der Waals surface area contributed by atoms with Gasteiger partial charge in [-0.1, -0.05) is 11.6 Å². The van der Waals surface area contributed by atoms with E-state index >= 15 is 0 Å². The van der Waals surface area contributed by atoms with Crippen molar-refractivity contribution in [3.05, 3.63) is 53.2 Å². The van der Waals surface area contributed by atoms with Gasteiger partial charge in [0.05, 0.1) is 21.8 Å². The Balaban J connectivity index is 1.58. The van der Waals surface area contributed by atoms with Gasteiger partial charge in [-0.05, 0) is 50.2 Å². The van der Waals surface area contributed by atoms with Crippen LogP contribution in [0.3, 0.4) is 0 Å².